The van der Waals surface area contributed by atoms with Crippen LogP contribution < -0.4 is 26.6 Å². The predicted molar refractivity (Wildman–Crippen MR) is 497 cm³/mol. The van der Waals surface area contributed by atoms with E-state index < -0.39 is 29.8 Å². The Hall–Kier alpha value is -11.3. The van der Waals surface area contributed by atoms with Crippen molar-refractivity contribution in [1.29, 1.82) is 0 Å². The molecule has 1 saturated heterocycles. The molecular weight excluding hydrogens is 1620 g/mol. The summed E-state index contributed by atoms with van der Waals surface area (Å²) in [5, 5.41) is 15.3. The van der Waals surface area contributed by atoms with Gasteiger partial charge in [-0.1, -0.05) is 94.9 Å². The summed E-state index contributed by atoms with van der Waals surface area (Å²) in [4.78, 5) is 96.2. The first-order valence-electron chi connectivity index (χ1n) is 46.0. The molecule has 3 unspecified atom stereocenters. The van der Waals surface area contributed by atoms with Gasteiger partial charge in [0, 0.05) is 115 Å². The van der Waals surface area contributed by atoms with Gasteiger partial charge in [-0.2, -0.15) is 0 Å². The number of benzene rings is 2. The number of fused-ring (bicyclic) bond motifs is 5. The van der Waals surface area contributed by atoms with E-state index >= 15 is 0 Å². The van der Waals surface area contributed by atoms with Crippen LogP contribution in [0.2, 0.25) is 0 Å². The third-order valence-electron chi connectivity index (χ3n) is 26.4. The lowest BCUT2D eigenvalue weighted by Crippen LogP contribution is -2.60. The number of aromatic nitrogens is 15. The number of carbonyl (C=O) groups is 4. The second kappa shape index (κ2) is 38.9. The molecule has 19 rings (SSSR count). The SMILES string of the molecule is C=C(Nc1nc2cc(C)cnc2n1C1CCC1)C(C)(C)COC(C)(C)C.Cc1ccc2nc(NC(=O)CC3CC(F)(F)C3(C)F)n(C3CCC3)c2n1.Cc1ccc2nc(NC(=O)C[C@@H](C)c3ccccc3)n(C3CCC3)c2n1.Cc1ccc2nc(NC(=O)C[C@H](C)c3ccccc3)n(C3CCC3)c2n1.Cc1cnc2c(c1)nc(NC(=O)CCC1CCCO1)n2C1CCC1. The third-order valence-corrected chi connectivity index (χ3v) is 26.4. The summed E-state index contributed by atoms with van der Waals surface area (Å²) < 4.78 is 62.8. The van der Waals surface area contributed by atoms with Gasteiger partial charge in [0.15, 0.2) is 33.9 Å². The van der Waals surface area contributed by atoms with Gasteiger partial charge in [-0.3, -0.25) is 63.3 Å². The highest BCUT2D eigenvalue weighted by molar-refractivity contribution is 5.94. The number of pyridine rings is 5. The topological polar surface area (TPSA) is 300 Å². The number of aryl methyl sites for hydroxylation is 5. The first-order valence-corrected chi connectivity index (χ1v) is 46.0. The van der Waals surface area contributed by atoms with Gasteiger partial charge in [-0.15, -0.1) is 0 Å². The highest BCUT2D eigenvalue weighted by Crippen LogP contribution is 2.56. The highest BCUT2D eigenvalue weighted by atomic mass is 19.3. The second-order valence-electron chi connectivity index (χ2n) is 38.2. The molecule has 5 atom stereocenters. The minimum atomic E-state index is -3.36. The summed E-state index contributed by atoms with van der Waals surface area (Å²) in [5.41, 5.74) is 13.7. The predicted octanol–water partition coefficient (Wildman–Crippen LogP) is 22.0. The van der Waals surface area contributed by atoms with Crippen molar-refractivity contribution in [1.82, 2.24) is 72.7 Å². The minimum absolute atomic E-state index is 0.00560. The third kappa shape index (κ3) is 21.2. The molecule has 26 nitrogen and oxygen atoms in total. The minimum Gasteiger partial charge on any atom is -0.378 e. The van der Waals surface area contributed by atoms with Gasteiger partial charge in [0.2, 0.25) is 53.4 Å². The maximum Gasteiger partial charge on any atom is 0.281 e. The van der Waals surface area contributed by atoms with Crippen LogP contribution in [0.15, 0.2) is 134 Å². The van der Waals surface area contributed by atoms with Crippen LogP contribution in [0, 0.1) is 46.0 Å². The van der Waals surface area contributed by atoms with Crippen LogP contribution in [0.1, 0.15) is 284 Å². The zero-order chi connectivity index (χ0) is 90.5. The number of alkyl halides is 3. The quantitative estimate of drug-likeness (QED) is 0.0355. The molecular formula is C99H125F3N20O6. The lowest BCUT2D eigenvalue weighted by atomic mass is 9.67. The molecule has 2 aromatic carbocycles. The van der Waals surface area contributed by atoms with Crippen LogP contribution in [-0.4, -0.2) is 133 Å². The molecule has 10 aromatic heterocycles. The number of nitrogens with zero attached hydrogens (tertiary/aromatic N) is 15. The fraction of sp³-hybridized carbons (Fsp3) is 0.515. The summed E-state index contributed by atoms with van der Waals surface area (Å²) in [6, 6.07) is 37.8. The Balaban J connectivity index is 0.000000123. The van der Waals surface area contributed by atoms with E-state index in [2.05, 4.69) is 175 Å². The molecule has 12 aromatic rings. The fourth-order valence-electron chi connectivity index (χ4n) is 17.1. The molecule has 4 amide bonds. The summed E-state index contributed by atoms with van der Waals surface area (Å²) in [6.07, 6.45) is 24.5. The number of nitrogens with one attached hydrogen (secondary N) is 5. The van der Waals surface area contributed by atoms with E-state index in [-0.39, 0.29) is 59.1 Å². The first-order chi connectivity index (χ1) is 61.2. The van der Waals surface area contributed by atoms with Crippen LogP contribution >= 0.6 is 0 Å². The molecule has 5 N–H and O–H groups in total. The molecule has 1 aliphatic heterocycles. The Morgan fingerprint density at radius 3 is 1.17 bits per heavy atom. The second-order valence-corrected chi connectivity index (χ2v) is 38.2. The Morgan fingerprint density at radius 2 is 0.828 bits per heavy atom. The molecule has 7 aliphatic rings. The van der Waals surface area contributed by atoms with Crippen molar-refractivity contribution in [3.05, 3.63) is 173 Å². The maximum absolute atomic E-state index is 14.1. The average molecular weight is 1750 g/mol. The Bertz CT molecular complexity index is 5810. The summed E-state index contributed by atoms with van der Waals surface area (Å²) >= 11 is 0. The normalized spacial score (nSPS) is 19.2. The molecule has 29 heteroatoms. The molecule has 128 heavy (non-hydrogen) atoms. The van der Waals surface area contributed by atoms with Crippen LogP contribution in [-0.2, 0) is 28.7 Å². The number of hydrogen-bond donors (Lipinski definition) is 5. The van der Waals surface area contributed by atoms with Gasteiger partial charge < -0.3 is 14.8 Å². The van der Waals surface area contributed by atoms with Crippen LogP contribution in [0.4, 0.5) is 42.9 Å². The van der Waals surface area contributed by atoms with E-state index in [1.54, 1.807) is 0 Å². The van der Waals surface area contributed by atoms with Gasteiger partial charge >= 0.3 is 0 Å². The number of anilines is 5. The summed E-state index contributed by atoms with van der Waals surface area (Å²) in [7, 11) is 0. The molecule has 678 valence electrons. The van der Waals surface area contributed by atoms with Gasteiger partial charge in [-0.05, 0) is 261 Å². The van der Waals surface area contributed by atoms with Gasteiger partial charge in [0.25, 0.3) is 5.92 Å². The smallest absolute Gasteiger partial charge is 0.281 e. The lowest BCUT2D eigenvalue weighted by Gasteiger charge is -2.47. The van der Waals surface area contributed by atoms with E-state index in [0.717, 1.165) is 175 Å². The largest absolute Gasteiger partial charge is 0.378 e. The van der Waals surface area contributed by atoms with Crippen LogP contribution in [0.3, 0.4) is 0 Å². The highest BCUT2D eigenvalue weighted by Gasteiger charge is 2.67. The van der Waals surface area contributed by atoms with E-state index in [9.17, 15) is 32.3 Å². The number of imidazole rings is 5. The number of carbonyl (C=O) groups excluding carboxylic acids is 4. The first kappa shape index (κ1) is 91.4. The van der Waals surface area contributed by atoms with Gasteiger partial charge in [-0.25, -0.2) is 63.0 Å². The standard InChI is InChI=1S/2C21H24N4O.C21H32N4O.C18H21F3N4O.C18H24N4O2/c2*1-14(16-7-4-3-5-8-16)13-19(26)24-21-23-18-12-11-15(2)22-20(18)25(21)17-9-6-10-17;1-14-11-17-18(22-12-14)25(16-9-8-10-16)19(24-17)23-15(2)21(6,7)13-26-20(3,4)5;1-10-6-7-13-15(22-10)25(12-4-3-5-12)16(23-13)24-14(26)8-11-9-18(20,21)17(11,2)19;1-12-10-15-17(19-11-12)22(13-4-2-5-13)18(20-15)21-16(23)8-7-14-6-3-9-24-14/h2*3-5,7-8,11-12,14,17H,6,9-10,13H2,1-2H3,(H,23,24,26);11-12,16H,2,8-10,13H2,1,3-7H3,(H,23,24);6-7,11-12H,3-5,8-9H2,1-2H3,(H,23,24,26);10-11,13-14H,2-9H2,1H3,(H,20,21,23)/t2*14-;;;/m10.../s1. The van der Waals surface area contributed by atoms with E-state index in [4.69, 9.17) is 14.5 Å². The van der Waals surface area contributed by atoms with Crippen molar-refractivity contribution in [2.75, 3.05) is 39.8 Å². The molecule has 0 spiro atoms. The fourth-order valence-corrected chi connectivity index (χ4v) is 17.1. The number of amides is 4. The Morgan fingerprint density at radius 1 is 0.469 bits per heavy atom. The van der Waals surface area contributed by atoms with Crippen molar-refractivity contribution in [3.8, 4) is 0 Å². The van der Waals surface area contributed by atoms with Crippen LogP contribution in [0.25, 0.3) is 55.8 Å². The average Bonchev–Trinajstić information content (AvgIpc) is 1.23. The maximum atomic E-state index is 14.1. The van der Waals surface area contributed by atoms with E-state index in [1.807, 2.05) is 130 Å². The monoisotopic (exact) mass is 1750 g/mol. The zero-order valence-electron chi connectivity index (χ0n) is 76.4. The van der Waals surface area contributed by atoms with E-state index in [1.165, 1.54) is 49.7 Å². The van der Waals surface area contributed by atoms with Crippen molar-refractivity contribution in [3.63, 3.8) is 0 Å². The zero-order valence-corrected chi connectivity index (χ0v) is 76.4. The van der Waals surface area contributed by atoms with Crippen molar-refractivity contribution in [2.45, 2.75) is 303 Å². The van der Waals surface area contributed by atoms with Gasteiger partial charge in [0.1, 0.15) is 27.6 Å². The molecule has 11 heterocycles. The lowest BCUT2D eigenvalue weighted by molar-refractivity contribution is -0.242. The number of halogens is 3. The molecule has 0 bridgehead atoms. The molecule has 0 radical (unpaired) electrons. The van der Waals surface area contributed by atoms with Gasteiger partial charge in [0.05, 0.1) is 18.3 Å². The Labute approximate surface area is 747 Å². The Kier molecular flexibility index (Phi) is 27.8. The van der Waals surface area contributed by atoms with Crippen molar-refractivity contribution >= 4 is 109 Å². The summed E-state index contributed by atoms with van der Waals surface area (Å²) in [6.45, 7) is 31.2. The van der Waals surface area contributed by atoms with Crippen molar-refractivity contribution in [2.24, 2.45) is 11.3 Å². The number of hydrogen-bond acceptors (Lipinski definition) is 17. The number of ether oxygens (including phenoxy) is 2. The van der Waals surface area contributed by atoms with Crippen molar-refractivity contribution < 1.29 is 41.8 Å². The molecule has 6 saturated carbocycles. The molecule has 7 fully saturated rings. The molecule has 6 aliphatic carbocycles. The van der Waals surface area contributed by atoms with Crippen LogP contribution in [0.5, 0.6) is 0 Å². The van der Waals surface area contributed by atoms with E-state index in [0.29, 0.717) is 85.0 Å². The summed E-state index contributed by atoms with van der Waals surface area (Å²) in [5.74, 6) is -1.40. The number of rotatable bonds is 25.